The largest absolute Gasteiger partial charge is 0.366 e. The average molecular weight is 411 g/mol. The number of carbonyl (C=O) groups is 1. The lowest BCUT2D eigenvalue weighted by atomic mass is 10.00. The maximum absolute atomic E-state index is 12.1. The zero-order valence-electron chi connectivity index (χ0n) is 15.7. The Morgan fingerprint density at radius 3 is 2.46 bits per heavy atom. The summed E-state index contributed by atoms with van der Waals surface area (Å²) >= 11 is 12.3. The molecule has 2 N–H and O–H groups in total. The summed E-state index contributed by atoms with van der Waals surface area (Å²) in [5.74, 6) is -0.0245. The van der Waals surface area contributed by atoms with Gasteiger partial charge in [0.05, 0.1) is 15.6 Å². The third-order valence-electron chi connectivity index (χ3n) is 5.17. The number of halogens is 2. The molecule has 0 saturated carbocycles. The van der Waals surface area contributed by atoms with Crippen LogP contribution in [0.4, 0.5) is 0 Å². The molecule has 1 heterocycles. The van der Waals surface area contributed by atoms with Crippen molar-refractivity contribution in [1.82, 2.24) is 4.57 Å². The van der Waals surface area contributed by atoms with E-state index < -0.39 is 5.91 Å². The highest BCUT2D eigenvalue weighted by atomic mass is 35.5. The van der Waals surface area contributed by atoms with Crippen molar-refractivity contribution >= 4 is 50.9 Å². The van der Waals surface area contributed by atoms with E-state index in [2.05, 4.69) is 36.6 Å². The molecular weight excluding hydrogens is 391 g/mol. The summed E-state index contributed by atoms with van der Waals surface area (Å²) < 4.78 is 2.21. The molecule has 142 valence electrons. The quantitative estimate of drug-likeness (QED) is 0.417. The number of hydrogen-bond donors (Lipinski definition) is 1. The fourth-order valence-corrected chi connectivity index (χ4v) is 4.04. The van der Waals surface area contributed by atoms with Crippen LogP contribution in [-0.4, -0.2) is 10.5 Å². The minimum absolute atomic E-state index is 0.399. The van der Waals surface area contributed by atoms with Crippen LogP contribution in [0.5, 0.6) is 0 Å². The molecule has 4 rings (SSSR count). The van der Waals surface area contributed by atoms with Crippen LogP contribution in [0.2, 0.25) is 10.0 Å². The SMILES string of the molecule is CC(C)c1ccc2c3c(C(N)=O)cccc3n(Cc3ccc(Cl)c(Cl)c3)c2c1. The highest BCUT2D eigenvalue weighted by Gasteiger charge is 2.17. The first kappa shape index (κ1) is 18.9. The van der Waals surface area contributed by atoms with Crippen LogP contribution in [0, 0.1) is 0 Å². The highest BCUT2D eigenvalue weighted by Crippen LogP contribution is 2.34. The summed E-state index contributed by atoms with van der Waals surface area (Å²) in [5.41, 5.74) is 10.5. The van der Waals surface area contributed by atoms with Gasteiger partial charge >= 0.3 is 0 Å². The summed E-state index contributed by atoms with van der Waals surface area (Å²) in [5, 5.41) is 2.97. The molecule has 0 radical (unpaired) electrons. The third kappa shape index (κ3) is 3.15. The maximum atomic E-state index is 12.1. The molecular formula is C23H20Cl2N2O. The number of hydrogen-bond acceptors (Lipinski definition) is 1. The van der Waals surface area contributed by atoms with Crippen LogP contribution in [0.3, 0.4) is 0 Å². The van der Waals surface area contributed by atoms with E-state index in [0.29, 0.717) is 28.1 Å². The Morgan fingerprint density at radius 1 is 1.00 bits per heavy atom. The van der Waals surface area contributed by atoms with E-state index in [-0.39, 0.29) is 0 Å². The Bertz CT molecular complexity index is 1220. The molecule has 0 saturated heterocycles. The minimum Gasteiger partial charge on any atom is -0.366 e. The fraction of sp³-hybridized carbons (Fsp3) is 0.174. The van der Waals surface area contributed by atoms with Gasteiger partial charge in [0.1, 0.15) is 0 Å². The topological polar surface area (TPSA) is 48.0 Å². The number of fused-ring (bicyclic) bond motifs is 3. The van der Waals surface area contributed by atoms with Gasteiger partial charge in [0.15, 0.2) is 0 Å². The molecule has 0 spiro atoms. The molecule has 5 heteroatoms. The molecule has 0 unspecified atom stereocenters. The number of carbonyl (C=O) groups excluding carboxylic acids is 1. The second-order valence-corrected chi connectivity index (χ2v) is 8.14. The first-order valence-electron chi connectivity index (χ1n) is 9.15. The zero-order chi connectivity index (χ0) is 20.0. The first-order chi connectivity index (χ1) is 13.4. The van der Waals surface area contributed by atoms with E-state index in [1.165, 1.54) is 5.56 Å². The van der Waals surface area contributed by atoms with Gasteiger partial charge in [-0.1, -0.05) is 61.3 Å². The molecule has 0 aliphatic heterocycles. The maximum Gasteiger partial charge on any atom is 0.249 e. The Morgan fingerprint density at radius 2 is 1.79 bits per heavy atom. The number of nitrogens with two attached hydrogens (primary N) is 1. The van der Waals surface area contributed by atoms with Crippen LogP contribution in [0.25, 0.3) is 21.8 Å². The smallest absolute Gasteiger partial charge is 0.249 e. The lowest BCUT2D eigenvalue weighted by Gasteiger charge is -2.11. The summed E-state index contributed by atoms with van der Waals surface area (Å²) in [7, 11) is 0. The second kappa shape index (κ2) is 7.16. The molecule has 0 fully saturated rings. The molecule has 28 heavy (non-hydrogen) atoms. The monoisotopic (exact) mass is 410 g/mol. The fourth-order valence-electron chi connectivity index (χ4n) is 3.72. The van der Waals surface area contributed by atoms with E-state index in [1.54, 1.807) is 6.07 Å². The second-order valence-electron chi connectivity index (χ2n) is 7.33. The van der Waals surface area contributed by atoms with Crippen LogP contribution < -0.4 is 5.73 Å². The average Bonchev–Trinajstić information content (AvgIpc) is 2.98. The first-order valence-corrected chi connectivity index (χ1v) is 9.91. The van der Waals surface area contributed by atoms with Crippen LogP contribution in [0.1, 0.15) is 41.3 Å². The summed E-state index contributed by atoms with van der Waals surface area (Å²) in [4.78, 5) is 12.1. The summed E-state index contributed by atoms with van der Waals surface area (Å²) in [6.07, 6.45) is 0. The van der Waals surface area contributed by atoms with Crippen LogP contribution >= 0.6 is 23.2 Å². The minimum atomic E-state index is -0.424. The molecule has 1 amide bonds. The van der Waals surface area contributed by atoms with Gasteiger partial charge in [0, 0.05) is 28.4 Å². The van der Waals surface area contributed by atoms with Crippen molar-refractivity contribution in [3.05, 3.63) is 81.3 Å². The van der Waals surface area contributed by atoms with Crippen LogP contribution in [-0.2, 0) is 6.54 Å². The molecule has 1 aromatic heterocycles. The highest BCUT2D eigenvalue weighted by molar-refractivity contribution is 6.42. The van der Waals surface area contributed by atoms with E-state index in [4.69, 9.17) is 28.9 Å². The number of amides is 1. The molecule has 0 atom stereocenters. The van der Waals surface area contributed by atoms with Gasteiger partial charge in [-0.05, 0) is 47.4 Å². The van der Waals surface area contributed by atoms with Crippen molar-refractivity contribution in [2.45, 2.75) is 26.3 Å². The molecule has 3 nitrogen and oxygen atoms in total. The molecule has 4 aromatic rings. The predicted octanol–water partition coefficient (Wildman–Crippen LogP) is 6.37. The van der Waals surface area contributed by atoms with Crippen LogP contribution in [0.15, 0.2) is 54.6 Å². The Hall–Kier alpha value is -2.49. The number of aromatic nitrogens is 1. The molecule has 3 aromatic carbocycles. The number of rotatable bonds is 4. The van der Waals surface area contributed by atoms with Crippen molar-refractivity contribution in [3.63, 3.8) is 0 Å². The van der Waals surface area contributed by atoms with Gasteiger partial charge in [-0.25, -0.2) is 0 Å². The summed E-state index contributed by atoms with van der Waals surface area (Å²) in [6.45, 7) is 4.95. The lowest BCUT2D eigenvalue weighted by Crippen LogP contribution is -2.11. The lowest BCUT2D eigenvalue weighted by molar-refractivity contribution is 0.100. The number of primary amides is 1. The zero-order valence-corrected chi connectivity index (χ0v) is 17.2. The van der Waals surface area contributed by atoms with E-state index in [9.17, 15) is 4.79 Å². The Labute approximate surface area is 173 Å². The van der Waals surface area contributed by atoms with Crippen molar-refractivity contribution in [2.24, 2.45) is 5.73 Å². The standard InChI is InChI=1S/C23H20Cl2N2O/c1-13(2)15-7-8-16-21(11-15)27(12-14-6-9-18(24)19(25)10-14)20-5-3-4-17(22(16)20)23(26)28/h3-11,13H,12H2,1-2H3,(H2,26,28). The van der Waals surface area contributed by atoms with E-state index >= 15 is 0 Å². The normalized spacial score (nSPS) is 11.6. The van der Waals surface area contributed by atoms with Gasteiger partial charge in [-0.3, -0.25) is 4.79 Å². The Kier molecular flexibility index (Phi) is 4.82. The van der Waals surface area contributed by atoms with E-state index in [1.807, 2.05) is 30.3 Å². The third-order valence-corrected chi connectivity index (χ3v) is 5.91. The van der Waals surface area contributed by atoms with Gasteiger partial charge in [0.2, 0.25) is 5.91 Å². The van der Waals surface area contributed by atoms with Gasteiger partial charge in [-0.15, -0.1) is 0 Å². The van der Waals surface area contributed by atoms with Crippen molar-refractivity contribution < 1.29 is 4.79 Å². The van der Waals surface area contributed by atoms with Crippen molar-refractivity contribution in [3.8, 4) is 0 Å². The molecule has 0 bridgehead atoms. The van der Waals surface area contributed by atoms with Gasteiger partial charge in [0.25, 0.3) is 0 Å². The summed E-state index contributed by atoms with van der Waals surface area (Å²) in [6, 6.07) is 17.7. The van der Waals surface area contributed by atoms with Crippen molar-refractivity contribution in [2.75, 3.05) is 0 Å². The van der Waals surface area contributed by atoms with Gasteiger partial charge < -0.3 is 10.3 Å². The molecule has 0 aliphatic rings. The molecule has 0 aliphatic carbocycles. The number of nitrogens with zero attached hydrogens (tertiary/aromatic N) is 1. The van der Waals surface area contributed by atoms with E-state index in [0.717, 1.165) is 27.4 Å². The Balaban J connectivity index is 2.03. The number of benzene rings is 3. The predicted molar refractivity (Wildman–Crippen MR) is 118 cm³/mol. The van der Waals surface area contributed by atoms with Crippen molar-refractivity contribution in [1.29, 1.82) is 0 Å². The van der Waals surface area contributed by atoms with Gasteiger partial charge in [-0.2, -0.15) is 0 Å².